The lowest BCUT2D eigenvalue weighted by molar-refractivity contribution is -0.137. The van der Waals surface area contributed by atoms with Crippen molar-refractivity contribution in [2.45, 2.75) is 18.4 Å². The summed E-state index contributed by atoms with van der Waals surface area (Å²) in [6.45, 7) is 0. The van der Waals surface area contributed by atoms with Gasteiger partial charge in [0.1, 0.15) is 6.10 Å². The Hall–Kier alpha value is -0.430. The van der Waals surface area contributed by atoms with Crippen LogP contribution < -0.4 is 0 Å². The molecule has 1 aromatic carbocycles. The van der Waals surface area contributed by atoms with Gasteiger partial charge in [-0.25, -0.2) is 0 Å². The van der Waals surface area contributed by atoms with Crippen molar-refractivity contribution in [2.75, 3.05) is 5.75 Å². The average molecular weight is 287 g/mol. The molecule has 2 atom stereocenters. The van der Waals surface area contributed by atoms with E-state index in [2.05, 4.69) is 12.6 Å². The van der Waals surface area contributed by atoms with Gasteiger partial charge < -0.3 is 10.2 Å². The largest absolute Gasteiger partial charge is 0.417 e. The molecule has 2 unspecified atom stereocenters. The Morgan fingerprint density at radius 3 is 2.35 bits per heavy atom. The second-order valence-electron chi connectivity index (χ2n) is 3.43. The van der Waals surface area contributed by atoms with E-state index in [0.717, 1.165) is 12.1 Å². The zero-order valence-corrected chi connectivity index (χ0v) is 10.1. The Balaban J connectivity index is 3.13. The molecule has 0 aliphatic heterocycles. The molecular weight excluding hydrogens is 277 g/mol. The van der Waals surface area contributed by atoms with E-state index < -0.39 is 29.0 Å². The Labute approximate surface area is 106 Å². The lowest BCUT2D eigenvalue weighted by atomic mass is 10.0. The molecule has 0 bridgehead atoms. The van der Waals surface area contributed by atoms with Crippen molar-refractivity contribution in [3.8, 4) is 0 Å². The number of aliphatic hydroxyl groups excluding tert-OH is 2. The molecule has 7 heteroatoms. The van der Waals surface area contributed by atoms with Gasteiger partial charge >= 0.3 is 6.18 Å². The van der Waals surface area contributed by atoms with Crippen molar-refractivity contribution in [1.29, 1.82) is 0 Å². The molecule has 1 aromatic rings. The van der Waals surface area contributed by atoms with E-state index >= 15 is 0 Å². The number of halogens is 4. The summed E-state index contributed by atoms with van der Waals surface area (Å²) in [6.07, 6.45) is -7.26. The van der Waals surface area contributed by atoms with Crippen LogP contribution in [0.4, 0.5) is 13.2 Å². The molecular formula is C10H10ClF3O2S. The molecule has 0 fully saturated rings. The molecule has 0 spiro atoms. The van der Waals surface area contributed by atoms with Gasteiger partial charge in [-0.2, -0.15) is 25.8 Å². The minimum absolute atomic E-state index is 0.0525. The van der Waals surface area contributed by atoms with E-state index in [9.17, 15) is 23.4 Å². The highest BCUT2D eigenvalue weighted by atomic mass is 35.5. The molecule has 96 valence electrons. The maximum Gasteiger partial charge on any atom is 0.417 e. The van der Waals surface area contributed by atoms with E-state index in [1.807, 2.05) is 0 Å². The lowest BCUT2D eigenvalue weighted by Gasteiger charge is -2.18. The Bertz CT molecular complexity index is 398. The van der Waals surface area contributed by atoms with Crippen LogP contribution in [-0.2, 0) is 6.18 Å². The second-order valence-corrected chi connectivity index (χ2v) is 4.20. The molecule has 2 N–H and O–H groups in total. The number of hydrogen-bond acceptors (Lipinski definition) is 3. The first-order chi connectivity index (χ1) is 7.77. The molecule has 0 aliphatic carbocycles. The smallest absolute Gasteiger partial charge is 0.389 e. The van der Waals surface area contributed by atoms with Crippen LogP contribution in [0.25, 0.3) is 0 Å². The maximum atomic E-state index is 12.5. The summed E-state index contributed by atoms with van der Waals surface area (Å²) in [4.78, 5) is 0. The van der Waals surface area contributed by atoms with Crippen LogP contribution in [0.1, 0.15) is 17.2 Å². The lowest BCUT2D eigenvalue weighted by Crippen LogP contribution is -2.20. The van der Waals surface area contributed by atoms with Crippen molar-refractivity contribution in [1.82, 2.24) is 0 Å². The van der Waals surface area contributed by atoms with Gasteiger partial charge in [0.05, 0.1) is 16.7 Å². The first kappa shape index (κ1) is 14.6. The van der Waals surface area contributed by atoms with E-state index in [0.29, 0.717) is 0 Å². The van der Waals surface area contributed by atoms with Crippen LogP contribution in [0.3, 0.4) is 0 Å². The summed E-state index contributed by atoms with van der Waals surface area (Å²) in [5.74, 6) is -0.0643. The van der Waals surface area contributed by atoms with Gasteiger partial charge in [-0.15, -0.1) is 0 Å². The topological polar surface area (TPSA) is 40.5 Å². The van der Waals surface area contributed by atoms with Crippen molar-refractivity contribution in [3.05, 3.63) is 34.3 Å². The molecule has 0 radical (unpaired) electrons. The standard InChI is InChI=1S/C10H10ClF3O2S/c11-7-2-1-5(9(16)8(15)4-17)3-6(7)10(12,13)14/h1-3,8-9,15-17H,4H2. The Kier molecular flexibility index (Phi) is 4.71. The zero-order chi connectivity index (χ0) is 13.2. The maximum absolute atomic E-state index is 12.5. The summed E-state index contributed by atoms with van der Waals surface area (Å²) >= 11 is 9.17. The molecule has 17 heavy (non-hydrogen) atoms. The second kappa shape index (κ2) is 5.48. The average Bonchev–Trinajstić information content (AvgIpc) is 2.26. The van der Waals surface area contributed by atoms with Crippen molar-refractivity contribution < 1.29 is 23.4 Å². The molecule has 0 aliphatic rings. The van der Waals surface area contributed by atoms with Gasteiger partial charge in [-0.1, -0.05) is 17.7 Å². The number of alkyl halides is 3. The summed E-state index contributed by atoms with van der Waals surface area (Å²) < 4.78 is 37.6. The van der Waals surface area contributed by atoms with Crippen molar-refractivity contribution >= 4 is 24.2 Å². The van der Waals surface area contributed by atoms with E-state index in [1.54, 1.807) is 0 Å². The number of aliphatic hydroxyl groups is 2. The molecule has 0 saturated carbocycles. The third-order valence-electron chi connectivity index (χ3n) is 2.19. The third kappa shape index (κ3) is 3.51. The first-order valence-electron chi connectivity index (χ1n) is 4.61. The van der Waals surface area contributed by atoms with Crippen LogP contribution in [0.15, 0.2) is 18.2 Å². The molecule has 0 heterocycles. The number of benzene rings is 1. The van der Waals surface area contributed by atoms with Crippen LogP contribution in [0.5, 0.6) is 0 Å². The first-order valence-corrected chi connectivity index (χ1v) is 5.62. The van der Waals surface area contributed by atoms with Gasteiger partial charge in [-0.3, -0.25) is 0 Å². The fourth-order valence-electron chi connectivity index (χ4n) is 1.27. The quantitative estimate of drug-likeness (QED) is 0.748. The van der Waals surface area contributed by atoms with Crippen LogP contribution in [0.2, 0.25) is 5.02 Å². The molecule has 0 saturated heterocycles. The fraction of sp³-hybridized carbons (Fsp3) is 0.400. The summed E-state index contributed by atoms with van der Waals surface area (Å²) in [7, 11) is 0. The van der Waals surface area contributed by atoms with Gasteiger partial charge in [0.25, 0.3) is 0 Å². The highest BCUT2D eigenvalue weighted by Crippen LogP contribution is 2.36. The van der Waals surface area contributed by atoms with Gasteiger partial charge in [-0.05, 0) is 17.7 Å². The zero-order valence-electron chi connectivity index (χ0n) is 8.45. The van der Waals surface area contributed by atoms with Crippen LogP contribution in [0, 0.1) is 0 Å². The SMILES string of the molecule is OC(CS)C(O)c1ccc(Cl)c(C(F)(F)F)c1. The van der Waals surface area contributed by atoms with E-state index in [4.69, 9.17) is 11.6 Å². The highest BCUT2D eigenvalue weighted by Gasteiger charge is 2.34. The summed E-state index contributed by atoms with van der Waals surface area (Å²) in [5, 5.41) is 18.4. The van der Waals surface area contributed by atoms with Crippen LogP contribution in [-0.4, -0.2) is 22.1 Å². The predicted molar refractivity (Wildman–Crippen MR) is 61.3 cm³/mol. The molecule has 0 aromatic heterocycles. The number of hydrogen-bond donors (Lipinski definition) is 3. The van der Waals surface area contributed by atoms with Gasteiger partial charge in [0, 0.05) is 5.75 Å². The Morgan fingerprint density at radius 1 is 1.29 bits per heavy atom. The summed E-state index contributed by atoms with van der Waals surface area (Å²) in [6, 6.07) is 2.99. The monoisotopic (exact) mass is 286 g/mol. The van der Waals surface area contributed by atoms with E-state index in [1.165, 1.54) is 6.07 Å². The van der Waals surface area contributed by atoms with Crippen LogP contribution >= 0.6 is 24.2 Å². The highest BCUT2D eigenvalue weighted by molar-refractivity contribution is 7.80. The number of rotatable bonds is 3. The third-order valence-corrected chi connectivity index (χ3v) is 2.89. The minimum atomic E-state index is -4.60. The van der Waals surface area contributed by atoms with Gasteiger partial charge in [0.2, 0.25) is 0 Å². The number of thiol groups is 1. The molecule has 0 amide bonds. The fourth-order valence-corrected chi connectivity index (χ4v) is 1.69. The minimum Gasteiger partial charge on any atom is -0.389 e. The summed E-state index contributed by atoms with van der Waals surface area (Å²) in [5.41, 5.74) is -1.09. The Morgan fingerprint density at radius 2 is 1.88 bits per heavy atom. The predicted octanol–water partition coefficient (Wildman–Crippen LogP) is 2.68. The molecule has 2 nitrogen and oxygen atoms in total. The van der Waals surface area contributed by atoms with E-state index in [-0.39, 0.29) is 11.3 Å². The normalized spacial score (nSPS) is 15.7. The van der Waals surface area contributed by atoms with Gasteiger partial charge in [0.15, 0.2) is 0 Å². The molecule has 1 rings (SSSR count). The van der Waals surface area contributed by atoms with Crippen molar-refractivity contribution in [3.63, 3.8) is 0 Å². The van der Waals surface area contributed by atoms with Crippen molar-refractivity contribution in [2.24, 2.45) is 0 Å².